The monoisotopic (exact) mass is 331 g/mol. The highest BCUT2D eigenvalue weighted by Gasteiger charge is 2.32. The zero-order valence-electron chi connectivity index (χ0n) is 11.6. The summed E-state index contributed by atoms with van der Waals surface area (Å²) in [6.07, 6.45) is -3.90. The number of aromatic nitrogens is 2. The summed E-state index contributed by atoms with van der Waals surface area (Å²) in [7, 11) is 1.55. The van der Waals surface area contributed by atoms with Gasteiger partial charge in [-0.2, -0.15) is 13.2 Å². The summed E-state index contributed by atoms with van der Waals surface area (Å²) in [5.74, 6) is 0.938. The zero-order chi connectivity index (χ0) is 16.2. The van der Waals surface area contributed by atoms with Crippen LogP contribution in [0.4, 0.5) is 19.0 Å². The van der Waals surface area contributed by atoms with Gasteiger partial charge in [0.15, 0.2) is 5.69 Å². The van der Waals surface area contributed by atoms with E-state index in [1.54, 1.807) is 19.2 Å². The lowest BCUT2D eigenvalue weighted by atomic mass is 10.1. The number of ether oxygens (including phenoxy) is 1. The van der Waals surface area contributed by atoms with Gasteiger partial charge in [-0.1, -0.05) is 17.7 Å². The maximum absolute atomic E-state index is 12.4. The third-order valence-electron chi connectivity index (χ3n) is 2.92. The summed E-state index contributed by atoms with van der Waals surface area (Å²) >= 11 is 6.10. The largest absolute Gasteiger partial charge is 0.497 e. The van der Waals surface area contributed by atoms with Crippen LogP contribution in [0.1, 0.15) is 11.3 Å². The van der Waals surface area contributed by atoms with E-state index in [2.05, 4.69) is 15.5 Å². The normalized spacial score (nSPS) is 11.3. The zero-order valence-corrected chi connectivity index (χ0v) is 12.4. The van der Waals surface area contributed by atoms with Gasteiger partial charge in [-0.05, 0) is 36.2 Å². The van der Waals surface area contributed by atoms with E-state index in [-0.39, 0.29) is 5.82 Å². The van der Waals surface area contributed by atoms with E-state index in [1.807, 2.05) is 6.07 Å². The molecule has 4 nitrogen and oxygen atoms in total. The standard InChI is InChI=1S/C14H13ClF3N3O/c1-22-10-3-2-9(11(15)8-10)6-7-19-13-5-4-12(20-21-13)14(16,17)18/h2-5,8H,6-7H2,1H3,(H,19,21). The van der Waals surface area contributed by atoms with Crippen LogP contribution >= 0.6 is 11.6 Å². The number of halogens is 4. The minimum atomic E-state index is -4.48. The minimum Gasteiger partial charge on any atom is -0.497 e. The van der Waals surface area contributed by atoms with Crippen molar-refractivity contribution in [1.29, 1.82) is 0 Å². The predicted octanol–water partition coefficient (Wildman–Crippen LogP) is 3.81. The SMILES string of the molecule is COc1ccc(CCNc2ccc(C(F)(F)F)nn2)c(Cl)c1. The summed E-state index contributed by atoms with van der Waals surface area (Å²) in [5.41, 5.74) is -0.119. The lowest BCUT2D eigenvalue weighted by Gasteiger charge is -2.09. The molecule has 0 saturated heterocycles. The molecular formula is C14H13ClF3N3O. The first-order valence-electron chi connectivity index (χ1n) is 6.37. The van der Waals surface area contributed by atoms with Gasteiger partial charge >= 0.3 is 6.18 Å². The van der Waals surface area contributed by atoms with Gasteiger partial charge in [0.1, 0.15) is 11.6 Å². The van der Waals surface area contributed by atoms with E-state index in [0.29, 0.717) is 23.7 Å². The quantitative estimate of drug-likeness (QED) is 0.905. The lowest BCUT2D eigenvalue weighted by molar-refractivity contribution is -0.141. The Morgan fingerprint density at radius 3 is 2.50 bits per heavy atom. The summed E-state index contributed by atoms with van der Waals surface area (Å²) in [5, 5.41) is 10.1. The van der Waals surface area contributed by atoms with Crippen molar-refractivity contribution in [1.82, 2.24) is 10.2 Å². The van der Waals surface area contributed by atoms with Crippen LogP contribution in [0.15, 0.2) is 30.3 Å². The Hall–Kier alpha value is -2.02. The van der Waals surface area contributed by atoms with Crippen molar-refractivity contribution >= 4 is 17.4 Å². The van der Waals surface area contributed by atoms with Crippen molar-refractivity contribution in [3.8, 4) is 5.75 Å². The Kier molecular flexibility index (Phi) is 5.07. The van der Waals surface area contributed by atoms with Gasteiger partial charge in [-0.3, -0.25) is 0 Å². The molecule has 8 heteroatoms. The van der Waals surface area contributed by atoms with Gasteiger partial charge in [0.2, 0.25) is 0 Å². The van der Waals surface area contributed by atoms with Gasteiger partial charge < -0.3 is 10.1 Å². The van der Waals surface area contributed by atoms with Crippen molar-refractivity contribution in [2.24, 2.45) is 0 Å². The number of hydrogen-bond acceptors (Lipinski definition) is 4. The molecule has 1 aromatic heterocycles. The fourth-order valence-corrected chi connectivity index (χ4v) is 2.03. The van der Waals surface area contributed by atoms with Crippen molar-refractivity contribution in [2.75, 3.05) is 19.0 Å². The fraction of sp³-hybridized carbons (Fsp3) is 0.286. The summed E-state index contributed by atoms with van der Waals surface area (Å²) in [6.45, 7) is 0.464. The van der Waals surface area contributed by atoms with Crippen LogP contribution < -0.4 is 10.1 Å². The highest BCUT2D eigenvalue weighted by atomic mass is 35.5. The number of methoxy groups -OCH3 is 1. The van der Waals surface area contributed by atoms with Crippen LogP contribution in [0, 0.1) is 0 Å². The minimum absolute atomic E-state index is 0.276. The highest BCUT2D eigenvalue weighted by molar-refractivity contribution is 6.31. The van der Waals surface area contributed by atoms with Crippen LogP contribution in [-0.4, -0.2) is 23.9 Å². The van der Waals surface area contributed by atoms with E-state index < -0.39 is 11.9 Å². The summed E-state index contributed by atoms with van der Waals surface area (Å²) in [6, 6.07) is 7.45. The van der Waals surface area contributed by atoms with Crippen molar-refractivity contribution in [3.63, 3.8) is 0 Å². The Morgan fingerprint density at radius 2 is 1.95 bits per heavy atom. The molecule has 0 bridgehead atoms. The number of rotatable bonds is 5. The molecule has 0 atom stereocenters. The van der Waals surface area contributed by atoms with E-state index in [4.69, 9.17) is 16.3 Å². The molecule has 1 aromatic carbocycles. The molecule has 2 aromatic rings. The number of hydrogen-bond donors (Lipinski definition) is 1. The van der Waals surface area contributed by atoms with Gasteiger partial charge in [-0.15, -0.1) is 10.2 Å². The first-order chi connectivity index (χ1) is 10.4. The molecule has 118 valence electrons. The van der Waals surface area contributed by atoms with Crippen molar-refractivity contribution in [2.45, 2.75) is 12.6 Å². The maximum atomic E-state index is 12.4. The molecule has 22 heavy (non-hydrogen) atoms. The van der Waals surface area contributed by atoms with E-state index in [9.17, 15) is 13.2 Å². The average Bonchev–Trinajstić information content (AvgIpc) is 2.48. The third kappa shape index (κ3) is 4.24. The third-order valence-corrected chi connectivity index (χ3v) is 3.27. The van der Waals surface area contributed by atoms with Crippen LogP contribution in [0.5, 0.6) is 5.75 Å². The molecular weight excluding hydrogens is 319 g/mol. The van der Waals surface area contributed by atoms with Crippen LogP contribution in [0.3, 0.4) is 0 Å². The Balaban J connectivity index is 1.91. The molecule has 0 amide bonds. The second-order valence-corrected chi connectivity index (χ2v) is 4.84. The molecule has 2 rings (SSSR count). The number of nitrogens with one attached hydrogen (secondary N) is 1. The number of alkyl halides is 3. The average molecular weight is 332 g/mol. The first kappa shape index (κ1) is 16.4. The molecule has 1 heterocycles. The molecule has 1 N–H and O–H groups in total. The van der Waals surface area contributed by atoms with E-state index >= 15 is 0 Å². The molecule has 0 saturated carbocycles. The molecule has 0 fully saturated rings. The molecule has 0 unspecified atom stereocenters. The van der Waals surface area contributed by atoms with E-state index in [1.165, 1.54) is 6.07 Å². The van der Waals surface area contributed by atoms with Crippen LogP contribution in [0.25, 0.3) is 0 Å². The number of anilines is 1. The lowest BCUT2D eigenvalue weighted by Crippen LogP contribution is -2.11. The summed E-state index contributed by atoms with van der Waals surface area (Å²) < 4.78 is 42.1. The summed E-state index contributed by atoms with van der Waals surface area (Å²) in [4.78, 5) is 0. The maximum Gasteiger partial charge on any atom is 0.435 e. The molecule has 0 aliphatic heterocycles. The van der Waals surface area contributed by atoms with Gasteiger partial charge in [0.05, 0.1) is 7.11 Å². The Bertz CT molecular complexity index is 632. The van der Waals surface area contributed by atoms with Gasteiger partial charge in [0, 0.05) is 11.6 Å². The number of benzene rings is 1. The van der Waals surface area contributed by atoms with Gasteiger partial charge in [-0.25, -0.2) is 0 Å². The molecule has 0 radical (unpaired) electrons. The number of nitrogens with zero attached hydrogens (tertiary/aromatic N) is 2. The fourth-order valence-electron chi connectivity index (χ4n) is 1.76. The second kappa shape index (κ2) is 6.83. The second-order valence-electron chi connectivity index (χ2n) is 4.44. The Morgan fingerprint density at radius 1 is 1.18 bits per heavy atom. The van der Waals surface area contributed by atoms with Crippen LogP contribution in [-0.2, 0) is 12.6 Å². The first-order valence-corrected chi connectivity index (χ1v) is 6.75. The topological polar surface area (TPSA) is 47.0 Å². The smallest absolute Gasteiger partial charge is 0.435 e. The van der Waals surface area contributed by atoms with Gasteiger partial charge in [0.25, 0.3) is 0 Å². The molecule has 0 spiro atoms. The van der Waals surface area contributed by atoms with Crippen LogP contribution in [0.2, 0.25) is 5.02 Å². The molecule has 0 aliphatic carbocycles. The van der Waals surface area contributed by atoms with Crippen molar-refractivity contribution in [3.05, 3.63) is 46.6 Å². The predicted molar refractivity (Wildman–Crippen MR) is 77.2 cm³/mol. The Labute approximate surface area is 130 Å². The molecule has 0 aliphatic rings. The van der Waals surface area contributed by atoms with E-state index in [0.717, 1.165) is 11.6 Å². The van der Waals surface area contributed by atoms with Crippen molar-refractivity contribution < 1.29 is 17.9 Å². The highest BCUT2D eigenvalue weighted by Crippen LogP contribution is 2.27.